The Hall–Kier alpha value is -4.48. The number of aliphatic imine (C=N–C) groups is 1. The van der Waals surface area contributed by atoms with Gasteiger partial charge in [-0.05, 0) is 24.1 Å². The summed E-state index contributed by atoms with van der Waals surface area (Å²) in [6.45, 7) is 1.14. The van der Waals surface area contributed by atoms with Gasteiger partial charge in [-0.1, -0.05) is 12.1 Å². The molecule has 11 nitrogen and oxygen atoms in total. The molecule has 2 N–H and O–H groups in total. The summed E-state index contributed by atoms with van der Waals surface area (Å²) in [5.41, 5.74) is 1.42. The first-order chi connectivity index (χ1) is 17.8. The molecule has 2 saturated heterocycles. The number of furan rings is 1. The van der Waals surface area contributed by atoms with Gasteiger partial charge in [0.05, 0.1) is 12.7 Å². The van der Waals surface area contributed by atoms with Crippen LogP contribution in [0.2, 0.25) is 0 Å². The third-order valence-electron chi connectivity index (χ3n) is 6.40. The van der Waals surface area contributed by atoms with E-state index in [1.165, 1.54) is 12.0 Å². The minimum Gasteiger partial charge on any atom is -0.494 e. The van der Waals surface area contributed by atoms with Crippen molar-refractivity contribution < 1.29 is 32.7 Å². The van der Waals surface area contributed by atoms with Crippen molar-refractivity contribution in [2.24, 2.45) is 4.99 Å². The molecule has 12 heteroatoms. The van der Waals surface area contributed by atoms with E-state index >= 15 is 0 Å². The third-order valence-corrected chi connectivity index (χ3v) is 6.40. The molecule has 4 aliphatic heterocycles. The predicted octanol–water partition coefficient (Wildman–Crippen LogP) is 2.65. The first-order valence-electron chi connectivity index (χ1n) is 11.7. The lowest BCUT2D eigenvalue weighted by Gasteiger charge is -2.16. The van der Waals surface area contributed by atoms with Gasteiger partial charge in [-0.2, -0.15) is 0 Å². The number of carbonyl (C=O) groups is 4. The number of ether oxygens (including phenoxy) is 1. The molecule has 0 spiro atoms. The fourth-order valence-electron chi connectivity index (χ4n) is 4.56. The summed E-state index contributed by atoms with van der Waals surface area (Å²) in [5, 5.41) is 4.65. The van der Waals surface area contributed by atoms with Gasteiger partial charge in [0.2, 0.25) is 5.91 Å². The zero-order valence-electron chi connectivity index (χ0n) is 20.2. The summed E-state index contributed by atoms with van der Waals surface area (Å²) in [5.74, 6) is 0.405. The van der Waals surface area contributed by atoms with Gasteiger partial charge in [0, 0.05) is 39.0 Å². The van der Waals surface area contributed by atoms with Crippen LogP contribution in [0.5, 0.6) is 5.75 Å². The van der Waals surface area contributed by atoms with Crippen molar-refractivity contribution in [2.45, 2.75) is 31.8 Å². The number of hydrogen-bond donors (Lipinski definition) is 2. The number of benzene rings is 1. The number of amides is 5. The SMILES string of the molecule is COc1ccc2c(c1F)C(=O)N(C)C2.O=C1NC(=O)C(c2cc3c(o2)C=CCC(N2CCCC2=O)=N3)N1. The maximum Gasteiger partial charge on any atom is 0.322 e. The Morgan fingerprint density at radius 1 is 1.22 bits per heavy atom. The van der Waals surface area contributed by atoms with Crippen molar-refractivity contribution in [3.8, 4) is 5.75 Å². The molecule has 1 aromatic heterocycles. The largest absolute Gasteiger partial charge is 0.494 e. The number of urea groups is 1. The van der Waals surface area contributed by atoms with Crippen molar-refractivity contribution in [2.75, 3.05) is 20.7 Å². The molecule has 4 aliphatic rings. The fraction of sp³-hybridized carbons (Fsp3) is 0.320. The molecular formula is C25H24FN5O6. The van der Waals surface area contributed by atoms with E-state index in [1.807, 2.05) is 6.08 Å². The molecule has 2 aromatic rings. The molecule has 0 saturated carbocycles. The predicted molar refractivity (Wildman–Crippen MR) is 129 cm³/mol. The van der Waals surface area contributed by atoms with E-state index in [9.17, 15) is 23.6 Å². The number of imide groups is 1. The monoisotopic (exact) mass is 509 g/mol. The molecule has 0 radical (unpaired) electrons. The van der Waals surface area contributed by atoms with E-state index in [0.717, 1.165) is 12.0 Å². The molecule has 6 rings (SSSR count). The van der Waals surface area contributed by atoms with Crippen molar-refractivity contribution in [3.63, 3.8) is 0 Å². The maximum absolute atomic E-state index is 13.6. The Balaban J connectivity index is 0.000000171. The van der Waals surface area contributed by atoms with Gasteiger partial charge in [-0.15, -0.1) is 0 Å². The second-order valence-corrected chi connectivity index (χ2v) is 8.85. The summed E-state index contributed by atoms with van der Waals surface area (Å²) < 4.78 is 24.1. The number of hydrogen-bond acceptors (Lipinski definition) is 7. The Morgan fingerprint density at radius 2 is 2.03 bits per heavy atom. The second kappa shape index (κ2) is 9.52. The lowest BCUT2D eigenvalue weighted by molar-refractivity contribution is -0.124. The van der Waals surface area contributed by atoms with Crippen molar-refractivity contribution in [1.29, 1.82) is 0 Å². The van der Waals surface area contributed by atoms with E-state index in [1.54, 1.807) is 36.2 Å². The van der Waals surface area contributed by atoms with Crippen LogP contribution in [0.4, 0.5) is 14.9 Å². The highest BCUT2D eigenvalue weighted by Gasteiger charge is 2.35. The summed E-state index contributed by atoms with van der Waals surface area (Å²) in [4.78, 5) is 54.1. The molecule has 5 amide bonds. The van der Waals surface area contributed by atoms with Gasteiger partial charge >= 0.3 is 6.03 Å². The van der Waals surface area contributed by atoms with Crippen LogP contribution in [0.15, 0.2) is 33.7 Å². The number of fused-ring (bicyclic) bond motifs is 2. The van der Waals surface area contributed by atoms with Crippen LogP contribution >= 0.6 is 0 Å². The van der Waals surface area contributed by atoms with Crippen LogP contribution in [0.1, 0.15) is 52.7 Å². The van der Waals surface area contributed by atoms with E-state index in [-0.39, 0.29) is 23.1 Å². The minimum absolute atomic E-state index is 0.0757. The van der Waals surface area contributed by atoms with Crippen molar-refractivity contribution in [3.05, 3.63) is 52.7 Å². The van der Waals surface area contributed by atoms with Gasteiger partial charge in [-0.3, -0.25) is 19.7 Å². The van der Waals surface area contributed by atoms with Crippen LogP contribution < -0.4 is 15.4 Å². The average Bonchev–Trinajstić information content (AvgIpc) is 3.59. The van der Waals surface area contributed by atoms with E-state index in [0.29, 0.717) is 49.0 Å². The lowest BCUT2D eigenvalue weighted by atomic mass is 10.1. The molecule has 1 unspecified atom stereocenters. The van der Waals surface area contributed by atoms with Crippen molar-refractivity contribution in [1.82, 2.24) is 20.4 Å². The van der Waals surface area contributed by atoms with Crippen LogP contribution in [0.3, 0.4) is 0 Å². The molecular weight excluding hydrogens is 485 g/mol. The molecule has 37 heavy (non-hydrogen) atoms. The van der Waals surface area contributed by atoms with E-state index in [2.05, 4.69) is 15.6 Å². The molecule has 2 fully saturated rings. The van der Waals surface area contributed by atoms with Gasteiger partial charge in [0.15, 0.2) is 23.4 Å². The molecule has 0 bridgehead atoms. The quantitative estimate of drug-likeness (QED) is 0.598. The lowest BCUT2D eigenvalue weighted by Crippen LogP contribution is -2.31. The summed E-state index contributed by atoms with van der Waals surface area (Å²) in [7, 11) is 3.03. The number of amidine groups is 1. The number of nitrogens with zero attached hydrogens (tertiary/aromatic N) is 3. The van der Waals surface area contributed by atoms with Gasteiger partial charge < -0.3 is 24.3 Å². The maximum atomic E-state index is 13.6. The first-order valence-corrected chi connectivity index (χ1v) is 11.7. The highest BCUT2D eigenvalue weighted by atomic mass is 19.1. The van der Waals surface area contributed by atoms with Gasteiger partial charge in [-0.25, -0.2) is 14.2 Å². The van der Waals surface area contributed by atoms with Crippen LogP contribution in [-0.4, -0.2) is 60.1 Å². The highest BCUT2D eigenvalue weighted by molar-refractivity contribution is 6.05. The molecule has 192 valence electrons. The topological polar surface area (TPSA) is 134 Å². The van der Waals surface area contributed by atoms with E-state index < -0.39 is 23.8 Å². The Labute approximate surface area is 210 Å². The first kappa shape index (κ1) is 24.2. The van der Waals surface area contributed by atoms with Gasteiger partial charge in [0.25, 0.3) is 11.8 Å². The molecule has 1 atom stereocenters. The Bertz CT molecular complexity index is 1380. The smallest absolute Gasteiger partial charge is 0.322 e. The minimum atomic E-state index is -0.852. The number of likely N-dealkylation sites (tertiary alicyclic amines) is 1. The summed E-state index contributed by atoms with van der Waals surface area (Å²) >= 11 is 0. The van der Waals surface area contributed by atoms with Gasteiger partial charge in [0.1, 0.15) is 17.3 Å². The van der Waals surface area contributed by atoms with Crippen LogP contribution in [0.25, 0.3) is 6.08 Å². The number of methoxy groups -OCH3 is 1. The second-order valence-electron chi connectivity index (χ2n) is 8.85. The number of carbonyl (C=O) groups excluding carboxylic acids is 4. The summed E-state index contributed by atoms with van der Waals surface area (Å²) in [6.07, 6.45) is 5.56. The Kier molecular flexibility index (Phi) is 6.24. The highest BCUT2D eigenvalue weighted by Crippen LogP contribution is 2.33. The fourth-order valence-corrected chi connectivity index (χ4v) is 4.56. The zero-order chi connectivity index (χ0) is 26.3. The zero-order valence-corrected chi connectivity index (χ0v) is 20.2. The van der Waals surface area contributed by atoms with E-state index in [4.69, 9.17) is 9.15 Å². The third kappa shape index (κ3) is 4.46. The van der Waals surface area contributed by atoms with Crippen LogP contribution in [0, 0.1) is 5.82 Å². The van der Waals surface area contributed by atoms with Crippen molar-refractivity contribution >= 4 is 41.4 Å². The number of halogens is 1. The van der Waals surface area contributed by atoms with Crippen LogP contribution in [-0.2, 0) is 16.1 Å². The molecule has 5 heterocycles. The normalized spacial score (nSPS) is 20.1. The average molecular weight is 509 g/mol. The standard InChI is InChI=1S/C15H14N4O4.C10H10FNO2/c20-12-5-2-6-19(12)11-4-1-3-9-8(16-11)7-10(23-9)13-14(21)18-15(22)17-13;1-12-5-6-3-4-7(14-2)9(11)8(6)10(12)13/h1,3,7,13H,2,4-6H2,(H2,17,18,21,22);3-4H,5H2,1-2H3. The molecule has 1 aromatic carbocycles. The summed E-state index contributed by atoms with van der Waals surface area (Å²) in [6, 6.07) is 3.49. The molecule has 0 aliphatic carbocycles. The number of nitrogens with one attached hydrogen (secondary N) is 2. The Morgan fingerprint density at radius 3 is 2.70 bits per heavy atom. The number of rotatable bonds is 2.